The highest BCUT2D eigenvalue weighted by atomic mass is 127. The van der Waals surface area contributed by atoms with Gasteiger partial charge in [-0.3, -0.25) is 9.59 Å². The summed E-state index contributed by atoms with van der Waals surface area (Å²) in [6.45, 7) is 4.14. The summed E-state index contributed by atoms with van der Waals surface area (Å²) in [5.41, 5.74) is 0. The van der Waals surface area contributed by atoms with Crippen molar-refractivity contribution >= 4 is 57.1 Å². The van der Waals surface area contributed by atoms with Crippen LogP contribution in [-0.4, -0.2) is 32.0 Å². The quantitative estimate of drug-likeness (QED) is 0.259. The summed E-state index contributed by atoms with van der Waals surface area (Å²) in [5.74, 6) is -0.199. The van der Waals surface area contributed by atoms with Gasteiger partial charge in [0.2, 0.25) is 0 Å². The Kier molecular flexibility index (Phi) is 10.3. The molecule has 0 heterocycles. The number of hydrogen-bond donors (Lipinski definition) is 0. The molecule has 0 bridgehead atoms. The van der Waals surface area contributed by atoms with Crippen LogP contribution in [0.25, 0.3) is 0 Å². The van der Waals surface area contributed by atoms with Crippen molar-refractivity contribution in [3.05, 3.63) is 0 Å². The summed E-state index contributed by atoms with van der Waals surface area (Å²) < 4.78 is 11.7. The first-order valence-corrected chi connectivity index (χ1v) is 10.6. The molecule has 0 aliphatic heterocycles. The summed E-state index contributed by atoms with van der Waals surface area (Å²) in [6, 6.07) is 0. The lowest BCUT2D eigenvalue weighted by atomic mass is 9.95. The van der Waals surface area contributed by atoms with Gasteiger partial charge in [0.05, 0.1) is 12.8 Å². The predicted molar refractivity (Wildman–Crippen MR) is 104 cm³/mol. The minimum Gasteiger partial charge on any atom is -0.462 e. The van der Waals surface area contributed by atoms with Gasteiger partial charge in [0.1, 0.15) is 12.2 Å². The van der Waals surface area contributed by atoms with Crippen LogP contribution >= 0.6 is 45.2 Å². The van der Waals surface area contributed by atoms with Gasteiger partial charge in [0.15, 0.2) is 0 Å². The van der Waals surface area contributed by atoms with Gasteiger partial charge in [-0.05, 0) is 38.5 Å². The van der Waals surface area contributed by atoms with E-state index < -0.39 is 0 Å². The molecule has 0 spiro atoms. The van der Waals surface area contributed by atoms with Gasteiger partial charge in [0, 0.05) is 7.85 Å². The standard InChI is InChI=1S/C16H26I2O4/c1-3-11(17)9-15(19)21-13-5-7-14(8-6-13)22-16(20)10-12(18)4-2/h11-14H,3-10H2,1-2H3. The summed E-state index contributed by atoms with van der Waals surface area (Å²) in [7, 11) is 0. The highest BCUT2D eigenvalue weighted by Gasteiger charge is 2.27. The molecular weight excluding hydrogens is 510 g/mol. The lowest BCUT2D eigenvalue weighted by Gasteiger charge is -2.28. The van der Waals surface area contributed by atoms with Crippen LogP contribution in [0.1, 0.15) is 65.2 Å². The Morgan fingerprint density at radius 2 is 1.18 bits per heavy atom. The number of carbonyl (C=O) groups excluding carboxylic acids is 2. The fourth-order valence-electron chi connectivity index (χ4n) is 2.39. The largest absolute Gasteiger partial charge is 0.462 e. The van der Waals surface area contributed by atoms with E-state index in [1.54, 1.807) is 0 Å². The van der Waals surface area contributed by atoms with Crippen molar-refractivity contribution in [3.8, 4) is 0 Å². The van der Waals surface area contributed by atoms with E-state index in [-0.39, 0.29) is 24.1 Å². The van der Waals surface area contributed by atoms with Crippen LogP contribution in [0.3, 0.4) is 0 Å². The van der Waals surface area contributed by atoms with Gasteiger partial charge in [-0.25, -0.2) is 0 Å². The van der Waals surface area contributed by atoms with Crippen LogP contribution in [0.4, 0.5) is 0 Å². The zero-order chi connectivity index (χ0) is 16.5. The van der Waals surface area contributed by atoms with Gasteiger partial charge >= 0.3 is 11.9 Å². The number of ether oxygens (including phenoxy) is 2. The average molecular weight is 536 g/mol. The second kappa shape index (κ2) is 11.0. The van der Waals surface area contributed by atoms with Crippen molar-refractivity contribution in [2.24, 2.45) is 0 Å². The first-order chi connectivity index (χ1) is 10.4. The van der Waals surface area contributed by atoms with Gasteiger partial charge < -0.3 is 9.47 Å². The summed E-state index contributed by atoms with van der Waals surface area (Å²) in [6.07, 6.45) is 6.10. The molecule has 1 rings (SSSR count). The number of carbonyl (C=O) groups is 2. The third-order valence-corrected chi connectivity index (χ3v) is 6.52. The molecule has 1 fully saturated rings. The van der Waals surface area contributed by atoms with Gasteiger partial charge in [-0.1, -0.05) is 59.0 Å². The molecule has 2 unspecified atom stereocenters. The lowest BCUT2D eigenvalue weighted by Crippen LogP contribution is -2.30. The van der Waals surface area contributed by atoms with Crippen molar-refractivity contribution in [2.75, 3.05) is 0 Å². The monoisotopic (exact) mass is 536 g/mol. The highest BCUT2D eigenvalue weighted by molar-refractivity contribution is 14.1. The Morgan fingerprint density at radius 1 is 0.864 bits per heavy atom. The number of halogens is 2. The molecule has 1 aliphatic carbocycles. The molecule has 0 saturated heterocycles. The van der Waals surface area contributed by atoms with E-state index in [0.29, 0.717) is 20.7 Å². The van der Waals surface area contributed by atoms with Crippen molar-refractivity contribution in [2.45, 2.75) is 85.3 Å². The van der Waals surface area contributed by atoms with Gasteiger partial charge in [0.25, 0.3) is 0 Å². The minimum atomic E-state index is -0.0996. The summed E-state index contributed by atoms with van der Waals surface area (Å²) >= 11 is 4.57. The van der Waals surface area contributed by atoms with E-state index in [2.05, 4.69) is 59.0 Å². The zero-order valence-electron chi connectivity index (χ0n) is 13.4. The third-order valence-electron chi connectivity index (χ3n) is 3.88. The Morgan fingerprint density at radius 3 is 1.45 bits per heavy atom. The van der Waals surface area contributed by atoms with E-state index in [1.165, 1.54) is 0 Å². The van der Waals surface area contributed by atoms with Crippen LogP contribution in [0, 0.1) is 0 Å². The van der Waals surface area contributed by atoms with Crippen LogP contribution < -0.4 is 0 Å². The fraction of sp³-hybridized carbons (Fsp3) is 0.875. The molecule has 0 amide bonds. The first-order valence-electron chi connectivity index (χ1n) is 8.11. The maximum Gasteiger partial charge on any atom is 0.307 e. The highest BCUT2D eigenvalue weighted by Crippen LogP contribution is 2.25. The first kappa shape index (κ1) is 20.4. The van der Waals surface area contributed by atoms with Crippen LogP contribution in [0.2, 0.25) is 0 Å². The molecule has 0 aromatic rings. The number of rotatable bonds is 8. The molecule has 22 heavy (non-hydrogen) atoms. The van der Waals surface area contributed by atoms with E-state index in [4.69, 9.17) is 9.47 Å². The lowest BCUT2D eigenvalue weighted by molar-refractivity contribution is -0.158. The van der Waals surface area contributed by atoms with Crippen molar-refractivity contribution in [1.29, 1.82) is 0 Å². The maximum atomic E-state index is 11.8. The second-order valence-electron chi connectivity index (χ2n) is 5.80. The van der Waals surface area contributed by atoms with E-state index in [1.807, 2.05) is 0 Å². The topological polar surface area (TPSA) is 52.6 Å². The molecule has 2 atom stereocenters. The molecule has 128 valence electrons. The summed E-state index contributed by atoms with van der Waals surface area (Å²) in [5, 5.41) is 0. The van der Waals surface area contributed by atoms with Gasteiger partial charge in [-0.15, -0.1) is 0 Å². The Balaban J connectivity index is 2.23. The van der Waals surface area contributed by atoms with Crippen molar-refractivity contribution < 1.29 is 19.1 Å². The fourth-order valence-corrected chi connectivity index (χ4v) is 3.11. The van der Waals surface area contributed by atoms with Crippen molar-refractivity contribution in [1.82, 2.24) is 0 Å². The number of alkyl halides is 2. The van der Waals surface area contributed by atoms with E-state index in [0.717, 1.165) is 38.5 Å². The summed E-state index contributed by atoms with van der Waals surface area (Å²) in [4.78, 5) is 23.6. The van der Waals surface area contributed by atoms with Crippen LogP contribution in [-0.2, 0) is 19.1 Å². The van der Waals surface area contributed by atoms with Crippen LogP contribution in [0.15, 0.2) is 0 Å². The molecule has 0 aromatic carbocycles. The minimum absolute atomic E-state index is 0.00382. The Labute approximate surface area is 160 Å². The number of esters is 2. The van der Waals surface area contributed by atoms with Crippen molar-refractivity contribution in [3.63, 3.8) is 0 Å². The van der Waals surface area contributed by atoms with Gasteiger partial charge in [-0.2, -0.15) is 0 Å². The maximum absolute atomic E-state index is 11.8. The Hall–Kier alpha value is 0.400. The number of hydrogen-bond acceptors (Lipinski definition) is 4. The predicted octanol–water partition coefficient (Wildman–Crippen LogP) is 4.59. The average Bonchev–Trinajstić information content (AvgIpc) is 2.48. The molecule has 1 saturated carbocycles. The zero-order valence-corrected chi connectivity index (χ0v) is 17.7. The molecule has 0 radical (unpaired) electrons. The molecule has 0 N–H and O–H groups in total. The smallest absolute Gasteiger partial charge is 0.307 e. The third kappa shape index (κ3) is 8.31. The second-order valence-corrected chi connectivity index (χ2v) is 9.32. The molecule has 4 nitrogen and oxygen atoms in total. The molecular formula is C16H26I2O4. The van der Waals surface area contributed by atoms with E-state index >= 15 is 0 Å². The molecule has 0 aromatic heterocycles. The Bertz CT molecular complexity index is 320. The van der Waals surface area contributed by atoms with Crippen LogP contribution in [0.5, 0.6) is 0 Å². The van der Waals surface area contributed by atoms with E-state index in [9.17, 15) is 9.59 Å². The molecule has 6 heteroatoms. The molecule has 1 aliphatic rings. The normalized spacial score (nSPS) is 24.4. The SMILES string of the molecule is CCC(I)CC(=O)OC1CCC(OC(=O)CC(I)CC)CC1.